The maximum atomic E-state index is 13.6. The normalized spacial score (nSPS) is 17.6. The molecule has 0 aromatic heterocycles. The molecule has 32 heavy (non-hydrogen) atoms. The molecule has 0 saturated carbocycles. The van der Waals surface area contributed by atoms with E-state index in [0.29, 0.717) is 23.9 Å². The fourth-order valence-corrected chi connectivity index (χ4v) is 4.90. The molecule has 1 aliphatic rings. The van der Waals surface area contributed by atoms with Crippen molar-refractivity contribution in [3.63, 3.8) is 0 Å². The summed E-state index contributed by atoms with van der Waals surface area (Å²) in [6.45, 7) is 2.42. The Morgan fingerprint density at radius 2 is 1.84 bits per heavy atom. The predicted octanol–water partition coefficient (Wildman–Crippen LogP) is 3.62. The first-order chi connectivity index (χ1) is 14.3. The molecule has 1 amide bonds. The molecule has 3 rings (SSSR count). The molecule has 0 aliphatic carbocycles. The average Bonchev–Trinajstić information content (AvgIpc) is 2.82. The van der Waals surface area contributed by atoms with Gasteiger partial charge in [-0.1, -0.05) is 29.8 Å². The minimum Gasteiger partial charge on any atom is -0.497 e. The van der Waals surface area contributed by atoms with Crippen molar-refractivity contribution in [2.45, 2.75) is 23.2 Å². The number of rotatable bonds is 6. The number of halogens is 2. The van der Waals surface area contributed by atoms with Gasteiger partial charge in [0.15, 0.2) is 6.10 Å². The third kappa shape index (κ3) is 6.30. The highest BCUT2D eigenvalue weighted by Gasteiger charge is 2.41. The predicted molar refractivity (Wildman–Crippen MR) is 130 cm³/mol. The number of hydrogen-bond donors (Lipinski definition) is 0. The van der Waals surface area contributed by atoms with Crippen LogP contribution in [0.5, 0.6) is 5.75 Å². The molecule has 0 bridgehead atoms. The van der Waals surface area contributed by atoms with Crippen molar-refractivity contribution < 1.29 is 24.5 Å². The molecule has 0 spiro atoms. The van der Waals surface area contributed by atoms with Crippen LogP contribution in [0.25, 0.3) is 0 Å². The van der Waals surface area contributed by atoms with Gasteiger partial charge in [0.05, 0.1) is 28.0 Å². The van der Waals surface area contributed by atoms with Crippen LogP contribution in [0.15, 0.2) is 47.4 Å². The van der Waals surface area contributed by atoms with Crippen LogP contribution in [0.3, 0.4) is 0 Å². The third-order valence-electron chi connectivity index (χ3n) is 4.77. The fraction of sp³-hybridized carbons (Fsp3) is 0.364. The molecule has 2 N–H and O–H groups in total. The van der Waals surface area contributed by atoms with E-state index in [9.17, 15) is 9.59 Å². The second kappa shape index (κ2) is 12.3. The molecule has 10 heteroatoms. The number of carbonyl (C=O) groups is 2. The van der Waals surface area contributed by atoms with Gasteiger partial charge in [0.1, 0.15) is 5.75 Å². The van der Waals surface area contributed by atoms with Gasteiger partial charge in [-0.05, 0) is 43.9 Å². The summed E-state index contributed by atoms with van der Waals surface area (Å²) >= 11 is 7.98. The Morgan fingerprint density at radius 1 is 1.19 bits per heavy atom. The molecule has 176 valence electrons. The number of fused-ring (bicyclic) bond motifs is 1. The van der Waals surface area contributed by atoms with Crippen molar-refractivity contribution in [2.24, 2.45) is 0 Å². The maximum Gasteiger partial charge on any atom is 0.303 e. The van der Waals surface area contributed by atoms with Crippen molar-refractivity contribution in [3.8, 4) is 5.75 Å². The van der Waals surface area contributed by atoms with Gasteiger partial charge >= 0.3 is 5.97 Å². The number of thioether (sulfide) groups is 1. The number of anilines is 1. The Kier molecular flexibility index (Phi) is 10.8. The number of hydrogen-bond acceptors (Lipinski definition) is 6. The van der Waals surface area contributed by atoms with Gasteiger partial charge in [-0.3, -0.25) is 9.59 Å². The first-order valence-corrected chi connectivity index (χ1v) is 10.8. The van der Waals surface area contributed by atoms with Gasteiger partial charge in [0.25, 0.3) is 5.91 Å². The number of carbonyl (C=O) groups excluding carboxylic acids is 2. The van der Waals surface area contributed by atoms with Crippen LogP contribution in [0.2, 0.25) is 5.02 Å². The van der Waals surface area contributed by atoms with Crippen molar-refractivity contribution in [1.29, 1.82) is 0 Å². The Labute approximate surface area is 203 Å². The van der Waals surface area contributed by atoms with E-state index in [4.69, 9.17) is 21.1 Å². The highest BCUT2D eigenvalue weighted by molar-refractivity contribution is 8.00. The number of esters is 1. The SMILES string of the molecule is COc1ccc([C@H]2Sc3c(Cl)cccc3N(CCN(C)C)C(=O)[C@H]2OC(C)=O)cc1.Cl.O. The molecular weight excluding hydrogens is 475 g/mol. The molecule has 0 unspecified atom stereocenters. The van der Waals surface area contributed by atoms with Crippen LogP contribution in [0.4, 0.5) is 5.69 Å². The third-order valence-corrected chi connectivity index (χ3v) is 6.64. The van der Waals surface area contributed by atoms with Gasteiger partial charge in [-0.25, -0.2) is 0 Å². The quantitative estimate of drug-likeness (QED) is 0.560. The summed E-state index contributed by atoms with van der Waals surface area (Å²) in [6, 6.07) is 12.9. The lowest BCUT2D eigenvalue weighted by Gasteiger charge is -2.28. The van der Waals surface area contributed by atoms with E-state index in [1.165, 1.54) is 18.7 Å². The summed E-state index contributed by atoms with van der Waals surface area (Å²) in [5.41, 5.74) is 1.58. The zero-order valence-corrected chi connectivity index (χ0v) is 20.7. The largest absolute Gasteiger partial charge is 0.497 e. The second-order valence-electron chi connectivity index (χ2n) is 7.22. The molecule has 2 aromatic carbocycles. The molecular formula is C22H28Cl2N2O5S. The first-order valence-electron chi connectivity index (χ1n) is 9.54. The highest BCUT2D eigenvalue weighted by Crippen LogP contribution is 2.49. The van der Waals surface area contributed by atoms with Crippen LogP contribution in [0, 0.1) is 0 Å². The first kappa shape index (κ1) is 28.1. The molecule has 7 nitrogen and oxygen atoms in total. The van der Waals surface area contributed by atoms with Crippen molar-refractivity contribution in [2.75, 3.05) is 39.2 Å². The zero-order valence-electron chi connectivity index (χ0n) is 18.3. The van der Waals surface area contributed by atoms with E-state index >= 15 is 0 Å². The van der Waals surface area contributed by atoms with E-state index in [0.717, 1.165) is 16.1 Å². The number of benzene rings is 2. The van der Waals surface area contributed by atoms with Crippen LogP contribution in [-0.2, 0) is 14.3 Å². The topological polar surface area (TPSA) is 90.6 Å². The summed E-state index contributed by atoms with van der Waals surface area (Å²) in [5.74, 6) is -0.0581. The number of likely N-dealkylation sites (N-methyl/N-ethyl adjacent to an activating group) is 1. The maximum absolute atomic E-state index is 13.6. The summed E-state index contributed by atoms with van der Waals surface area (Å²) < 4.78 is 10.8. The Hall–Kier alpha value is -1.97. The Morgan fingerprint density at radius 3 is 2.41 bits per heavy atom. The summed E-state index contributed by atoms with van der Waals surface area (Å²) in [5, 5.41) is 0.109. The molecule has 0 fully saturated rings. The van der Waals surface area contributed by atoms with Gasteiger partial charge in [-0.2, -0.15) is 0 Å². The number of nitrogens with zero attached hydrogens (tertiary/aromatic N) is 2. The van der Waals surface area contributed by atoms with E-state index in [1.807, 2.05) is 55.4 Å². The lowest BCUT2D eigenvalue weighted by molar-refractivity contribution is -0.152. The fourth-order valence-electron chi connectivity index (χ4n) is 3.28. The minimum atomic E-state index is -0.980. The molecule has 1 aliphatic heterocycles. The molecule has 2 aromatic rings. The van der Waals surface area contributed by atoms with E-state index < -0.39 is 17.3 Å². The van der Waals surface area contributed by atoms with Crippen molar-refractivity contribution >= 4 is 53.3 Å². The number of amides is 1. The zero-order chi connectivity index (χ0) is 21.8. The molecule has 2 atom stereocenters. The van der Waals surface area contributed by atoms with E-state index in [1.54, 1.807) is 18.1 Å². The van der Waals surface area contributed by atoms with Gasteiger partial charge in [0, 0.05) is 20.0 Å². The second-order valence-corrected chi connectivity index (χ2v) is 8.78. The van der Waals surface area contributed by atoms with Crippen molar-refractivity contribution in [3.05, 3.63) is 53.1 Å². The van der Waals surface area contributed by atoms with E-state index in [2.05, 4.69) is 0 Å². The average molecular weight is 503 g/mol. The van der Waals surface area contributed by atoms with Gasteiger partial charge in [0.2, 0.25) is 0 Å². The van der Waals surface area contributed by atoms with Crippen molar-refractivity contribution in [1.82, 2.24) is 4.90 Å². The Balaban J connectivity index is 0.00000256. The van der Waals surface area contributed by atoms with Crippen LogP contribution >= 0.6 is 35.8 Å². The molecule has 0 saturated heterocycles. The Bertz CT molecular complexity index is 927. The van der Waals surface area contributed by atoms with E-state index in [-0.39, 0.29) is 23.8 Å². The molecule has 1 heterocycles. The summed E-state index contributed by atoms with van der Waals surface area (Å²) in [7, 11) is 5.48. The smallest absolute Gasteiger partial charge is 0.303 e. The number of methoxy groups -OCH3 is 1. The van der Waals surface area contributed by atoms with Crippen LogP contribution in [-0.4, -0.2) is 62.7 Å². The summed E-state index contributed by atoms with van der Waals surface area (Å²) in [4.78, 5) is 30.0. The highest BCUT2D eigenvalue weighted by atomic mass is 35.5. The standard InChI is InChI=1S/C22H25ClN2O4S.ClH.H2O/c1-14(26)29-19-20(15-8-10-16(28-4)11-9-15)30-21-17(23)6-5-7-18(21)25(22(19)27)13-12-24(2)3;;/h5-11,19-20H,12-13H2,1-4H3;1H;1H2/t19-,20+;;/m0../s1. The lowest BCUT2D eigenvalue weighted by atomic mass is 10.1. The molecule has 0 radical (unpaired) electrons. The monoisotopic (exact) mass is 502 g/mol. The van der Waals surface area contributed by atoms with Crippen LogP contribution < -0.4 is 9.64 Å². The van der Waals surface area contributed by atoms with Crippen LogP contribution in [0.1, 0.15) is 17.7 Å². The number of ether oxygens (including phenoxy) is 2. The minimum absolute atomic E-state index is 0. The summed E-state index contributed by atoms with van der Waals surface area (Å²) in [6.07, 6.45) is -0.980. The lowest BCUT2D eigenvalue weighted by Crippen LogP contribution is -2.45. The van der Waals surface area contributed by atoms with Gasteiger partial charge in [-0.15, -0.1) is 24.2 Å². The van der Waals surface area contributed by atoms with Gasteiger partial charge < -0.3 is 24.7 Å².